The van der Waals surface area contributed by atoms with Crippen molar-refractivity contribution in [2.45, 2.75) is 6.18 Å². The van der Waals surface area contributed by atoms with Gasteiger partial charge in [0.2, 0.25) is 5.95 Å². The molecule has 0 atom stereocenters. The Hall–Kier alpha value is -3.41. The lowest BCUT2D eigenvalue weighted by Crippen LogP contribution is -2.18. The molecule has 0 aliphatic heterocycles. The van der Waals surface area contributed by atoms with Gasteiger partial charge in [-0.2, -0.15) is 13.2 Å². The van der Waals surface area contributed by atoms with Gasteiger partial charge in [-0.25, -0.2) is 19.6 Å². The van der Waals surface area contributed by atoms with E-state index in [0.29, 0.717) is 0 Å². The van der Waals surface area contributed by atoms with Gasteiger partial charge < -0.3 is 21.9 Å². The van der Waals surface area contributed by atoms with Crippen molar-refractivity contribution in [3.8, 4) is 11.3 Å². The molecule has 2 heterocycles. The molecule has 1 amide bonds. The molecule has 3 aromatic rings. The topological polar surface area (TPSA) is 147 Å². The Balaban J connectivity index is 2.24. The summed E-state index contributed by atoms with van der Waals surface area (Å²) < 4.78 is 43.3. The molecule has 0 aliphatic rings. The molecule has 1 aromatic carbocycles. The summed E-state index contributed by atoms with van der Waals surface area (Å²) in [5.74, 6) is -1.34. The van der Waals surface area contributed by atoms with Crippen LogP contribution in [0.2, 0.25) is 0 Å². The summed E-state index contributed by atoms with van der Waals surface area (Å²) in [6.45, 7) is 0. The predicted octanol–water partition coefficient (Wildman–Crippen LogP) is 2.78. The number of aromatic nitrogens is 2. The highest BCUT2D eigenvalue weighted by Crippen LogP contribution is 2.40. The second-order valence-corrected chi connectivity index (χ2v) is 6.24. The maximum absolute atomic E-state index is 13.0. The number of amides is 1. The maximum Gasteiger partial charge on any atom is 0.416 e. The Labute approximate surface area is 152 Å². The van der Waals surface area contributed by atoms with E-state index in [2.05, 4.69) is 14.7 Å². The van der Waals surface area contributed by atoms with Crippen LogP contribution in [0, 0.1) is 0 Å². The van der Waals surface area contributed by atoms with E-state index in [1.54, 1.807) is 0 Å². The van der Waals surface area contributed by atoms with Crippen LogP contribution >= 0.6 is 11.3 Å². The average Bonchev–Trinajstić information content (AvgIpc) is 2.89. The Morgan fingerprint density at radius 1 is 1.15 bits per heavy atom. The number of halogens is 3. The second-order valence-electron chi connectivity index (χ2n) is 5.24. The monoisotopic (exact) mass is 397 g/mol. The van der Waals surface area contributed by atoms with E-state index in [0.717, 1.165) is 23.5 Å². The molecule has 0 unspecified atom stereocenters. The number of hydrogen-bond donors (Lipinski definition) is 3. The highest BCUT2D eigenvalue weighted by atomic mass is 32.1. The lowest BCUT2D eigenvalue weighted by molar-refractivity contribution is -0.137. The number of alkyl halides is 3. The number of esters is 1. The molecule has 12 heteroatoms. The van der Waals surface area contributed by atoms with Gasteiger partial charge in [0, 0.05) is 5.56 Å². The molecule has 0 saturated carbocycles. The lowest BCUT2D eigenvalue weighted by Gasteiger charge is -2.10. The van der Waals surface area contributed by atoms with Gasteiger partial charge >= 0.3 is 18.2 Å². The molecule has 0 bridgehead atoms. The first-order valence-corrected chi connectivity index (χ1v) is 7.94. The third kappa shape index (κ3) is 3.46. The fourth-order valence-corrected chi connectivity index (χ4v) is 3.36. The molecule has 0 saturated heterocycles. The summed E-state index contributed by atoms with van der Waals surface area (Å²) in [6.07, 6.45) is -5.90. The highest BCUT2D eigenvalue weighted by Gasteiger charge is 2.31. The third-order valence-electron chi connectivity index (χ3n) is 3.45. The minimum absolute atomic E-state index is 0.00970. The standard InChI is InChI=1S/C15H10F3N5O3S/c16-15(17,18)6-3-1-2-5(4-6)9-7-8(19)10(12(24)26-14(21)25)27-11(7)23-13(20)22-9/h1-4H,19H2,(H2,21,25)(H2,20,22,23). The molecule has 0 spiro atoms. The van der Waals surface area contributed by atoms with Crippen LogP contribution in [0.1, 0.15) is 15.2 Å². The zero-order valence-electron chi connectivity index (χ0n) is 13.2. The quantitative estimate of drug-likeness (QED) is 0.445. The van der Waals surface area contributed by atoms with E-state index in [1.807, 2.05) is 0 Å². The number of carbonyl (C=O) groups is 2. The van der Waals surface area contributed by atoms with Crippen molar-refractivity contribution in [1.29, 1.82) is 0 Å². The fraction of sp³-hybridized carbons (Fsp3) is 0.0667. The van der Waals surface area contributed by atoms with E-state index < -0.39 is 23.8 Å². The second kappa shape index (κ2) is 6.39. The first-order valence-electron chi connectivity index (χ1n) is 7.12. The van der Waals surface area contributed by atoms with E-state index in [-0.39, 0.29) is 38.0 Å². The number of ether oxygens (including phenoxy) is 1. The van der Waals surface area contributed by atoms with E-state index in [9.17, 15) is 22.8 Å². The van der Waals surface area contributed by atoms with Gasteiger partial charge in [-0.3, -0.25) is 0 Å². The molecular weight excluding hydrogens is 387 g/mol. The first-order chi connectivity index (χ1) is 12.6. The first kappa shape index (κ1) is 18.4. The van der Waals surface area contributed by atoms with Crippen LogP contribution in [0.15, 0.2) is 24.3 Å². The predicted molar refractivity (Wildman–Crippen MR) is 91.7 cm³/mol. The van der Waals surface area contributed by atoms with Crippen LogP contribution in [-0.4, -0.2) is 22.0 Å². The molecule has 27 heavy (non-hydrogen) atoms. The van der Waals surface area contributed by atoms with E-state index >= 15 is 0 Å². The van der Waals surface area contributed by atoms with Crippen LogP contribution in [0.25, 0.3) is 21.5 Å². The van der Waals surface area contributed by atoms with Gasteiger partial charge in [0.25, 0.3) is 0 Å². The van der Waals surface area contributed by atoms with Crippen molar-refractivity contribution in [3.63, 3.8) is 0 Å². The Kier molecular flexibility index (Phi) is 4.35. The summed E-state index contributed by atoms with van der Waals surface area (Å²) in [7, 11) is 0. The minimum Gasteiger partial charge on any atom is -0.397 e. The number of benzene rings is 1. The summed E-state index contributed by atoms with van der Waals surface area (Å²) in [5, 5.41) is 0.116. The number of primary amides is 1. The average molecular weight is 397 g/mol. The molecule has 3 rings (SSSR count). The molecule has 2 aromatic heterocycles. The number of nitrogens with zero attached hydrogens (tertiary/aromatic N) is 2. The molecule has 8 nitrogen and oxygen atoms in total. The van der Waals surface area contributed by atoms with Crippen LogP contribution in [0.5, 0.6) is 0 Å². The number of hydrogen-bond acceptors (Lipinski definition) is 8. The maximum atomic E-state index is 13.0. The summed E-state index contributed by atoms with van der Waals surface area (Å²) in [5.41, 5.74) is 15.4. The van der Waals surface area contributed by atoms with Crippen molar-refractivity contribution in [2.24, 2.45) is 5.73 Å². The third-order valence-corrected chi connectivity index (χ3v) is 4.53. The Bertz CT molecular complexity index is 1080. The molecule has 0 radical (unpaired) electrons. The number of carbonyl (C=O) groups excluding carboxylic acids is 2. The largest absolute Gasteiger partial charge is 0.416 e. The van der Waals surface area contributed by atoms with Crippen LogP contribution in [0.4, 0.5) is 29.6 Å². The Morgan fingerprint density at radius 2 is 1.85 bits per heavy atom. The van der Waals surface area contributed by atoms with Crippen LogP contribution in [0.3, 0.4) is 0 Å². The minimum atomic E-state index is -4.57. The fourth-order valence-electron chi connectivity index (χ4n) is 2.38. The van der Waals surface area contributed by atoms with Crippen molar-refractivity contribution in [2.75, 3.05) is 11.5 Å². The van der Waals surface area contributed by atoms with Crippen molar-refractivity contribution >= 4 is 45.3 Å². The van der Waals surface area contributed by atoms with Crippen molar-refractivity contribution < 1.29 is 27.5 Å². The number of rotatable bonds is 2. The highest BCUT2D eigenvalue weighted by molar-refractivity contribution is 7.21. The smallest absolute Gasteiger partial charge is 0.397 e. The number of nitrogens with two attached hydrogens (primary N) is 3. The number of nitrogen functional groups attached to an aromatic ring is 2. The van der Waals surface area contributed by atoms with Crippen molar-refractivity contribution in [3.05, 3.63) is 34.7 Å². The van der Waals surface area contributed by atoms with Crippen LogP contribution < -0.4 is 17.2 Å². The molecule has 0 fully saturated rings. The molecule has 0 aliphatic carbocycles. The van der Waals surface area contributed by atoms with Gasteiger partial charge in [0.15, 0.2) is 0 Å². The summed E-state index contributed by atoms with van der Waals surface area (Å²) >= 11 is 0.746. The zero-order chi connectivity index (χ0) is 19.9. The normalized spacial score (nSPS) is 11.5. The number of thiophene rings is 1. The SMILES string of the molecule is NC(=O)OC(=O)c1sc2nc(N)nc(-c3cccc(C(F)(F)F)c3)c2c1N. The van der Waals surface area contributed by atoms with E-state index in [4.69, 9.17) is 17.2 Å². The van der Waals surface area contributed by atoms with Gasteiger partial charge in [-0.15, -0.1) is 11.3 Å². The van der Waals surface area contributed by atoms with Gasteiger partial charge in [-0.05, 0) is 12.1 Å². The molecule has 140 valence electrons. The summed E-state index contributed by atoms with van der Waals surface area (Å²) in [6, 6.07) is 4.36. The van der Waals surface area contributed by atoms with Crippen molar-refractivity contribution in [1.82, 2.24) is 9.97 Å². The lowest BCUT2D eigenvalue weighted by atomic mass is 10.0. The van der Waals surface area contributed by atoms with Gasteiger partial charge in [-0.1, -0.05) is 12.1 Å². The van der Waals surface area contributed by atoms with E-state index in [1.165, 1.54) is 12.1 Å². The number of fused-ring (bicyclic) bond motifs is 1. The summed E-state index contributed by atoms with van der Waals surface area (Å²) in [4.78, 5) is 30.6. The zero-order valence-corrected chi connectivity index (χ0v) is 14.0. The van der Waals surface area contributed by atoms with Crippen LogP contribution in [-0.2, 0) is 10.9 Å². The Morgan fingerprint density at radius 3 is 2.48 bits per heavy atom. The number of anilines is 2. The van der Waals surface area contributed by atoms with Gasteiger partial charge in [0.1, 0.15) is 9.71 Å². The van der Waals surface area contributed by atoms with Gasteiger partial charge in [0.05, 0.1) is 22.3 Å². The molecular formula is C15H10F3N5O3S. The molecule has 6 N–H and O–H groups in total.